The molecule has 0 aliphatic rings. The molecule has 0 amide bonds. The van der Waals surface area contributed by atoms with Gasteiger partial charge in [0.2, 0.25) is 0 Å². The van der Waals surface area contributed by atoms with Crippen molar-refractivity contribution in [1.82, 2.24) is 0 Å². The highest BCUT2D eigenvalue weighted by Crippen LogP contribution is 2.07. The molecule has 0 spiro atoms. The number of nitrogens with two attached hydrogens (primary N) is 1. The van der Waals surface area contributed by atoms with Crippen molar-refractivity contribution in [3.63, 3.8) is 0 Å². The van der Waals surface area contributed by atoms with Crippen LogP contribution < -0.4 is 5.73 Å². The van der Waals surface area contributed by atoms with Gasteiger partial charge in [0.05, 0.1) is 0 Å². The van der Waals surface area contributed by atoms with Crippen LogP contribution in [0.25, 0.3) is 0 Å². The highest BCUT2D eigenvalue weighted by molar-refractivity contribution is 4.92. The van der Waals surface area contributed by atoms with E-state index in [0.717, 1.165) is 6.42 Å². The number of hydrogen-bond acceptors (Lipinski definition) is 1. The molecule has 19 heavy (non-hydrogen) atoms. The van der Waals surface area contributed by atoms with Crippen molar-refractivity contribution in [2.45, 2.75) is 90.5 Å². The van der Waals surface area contributed by atoms with Crippen molar-refractivity contribution < 1.29 is 0 Å². The summed E-state index contributed by atoms with van der Waals surface area (Å²) in [6.07, 6.45) is 23.4. The monoisotopic (exact) mass is 265 g/mol. The summed E-state index contributed by atoms with van der Waals surface area (Å²) >= 11 is 0. The molecular formula is C18H35N. The summed E-state index contributed by atoms with van der Waals surface area (Å²) in [7, 11) is 0. The smallest absolute Gasteiger partial charge is 0.00104 e. The summed E-state index contributed by atoms with van der Waals surface area (Å²) < 4.78 is 0. The van der Waals surface area contributed by atoms with Gasteiger partial charge in [-0.05, 0) is 45.4 Å². The van der Waals surface area contributed by atoms with Gasteiger partial charge in [0.25, 0.3) is 0 Å². The van der Waals surface area contributed by atoms with Crippen LogP contribution in [0.3, 0.4) is 0 Å². The predicted molar refractivity (Wildman–Crippen MR) is 88.4 cm³/mol. The SMILES string of the molecule is CCCCC/C=C/C/C=C/CCCCCCC(C)N. The molecule has 0 aromatic heterocycles. The van der Waals surface area contributed by atoms with Crippen LogP contribution in [-0.2, 0) is 0 Å². The molecule has 0 aromatic rings. The van der Waals surface area contributed by atoms with E-state index in [9.17, 15) is 0 Å². The van der Waals surface area contributed by atoms with Gasteiger partial charge in [-0.1, -0.05) is 63.3 Å². The van der Waals surface area contributed by atoms with Gasteiger partial charge in [-0.2, -0.15) is 0 Å². The Kier molecular flexibility index (Phi) is 15.0. The second-order valence-corrected chi connectivity index (χ2v) is 5.64. The van der Waals surface area contributed by atoms with Crippen molar-refractivity contribution in [1.29, 1.82) is 0 Å². The zero-order chi connectivity index (χ0) is 14.2. The molecule has 0 aliphatic heterocycles. The average molecular weight is 265 g/mol. The van der Waals surface area contributed by atoms with Gasteiger partial charge in [0.15, 0.2) is 0 Å². The molecule has 1 atom stereocenters. The lowest BCUT2D eigenvalue weighted by Gasteiger charge is -2.03. The van der Waals surface area contributed by atoms with E-state index in [1.807, 2.05) is 0 Å². The minimum Gasteiger partial charge on any atom is -0.328 e. The predicted octanol–water partition coefficient (Wildman–Crippen LogP) is 5.76. The lowest BCUT2D eigenvalue weighted by atomic mass is 10.1. The average Bonchev–Trinajstić information content (AvgIpc) is 2.39. The highest BCUT2D eigenvalue weighted by atomic mass is 14.6. The highest BCUT2D eigenvalue weighted by Gasteiger charge is 1.93. The lowest BCUT2D eigenvalue weighted by Crippen LogP contribution is -2.13. The maximum Gasteiger partial charge on any atom is 0.00104 e. The minimum atomic E-state index is 0.379. The van der Waals surface area contributed by atoms with Gasteiger partial charge in [0.1, 0.15) is 0 Å². The molecule has 0 heterocycles. The minimum absolute atomic E-state index is 0.379. The molecule has 2 N–H and O–H groups in total. The van der Waals surface area contributed by atoms with Gasteiger partial charge in [0, 0.05) is 6.04 Å². The van der Waals surface area contributed by atoms with Crippen LogP contribution in [0.2, 0.25) is 0 Å². The van der Waals surface area contributed by atoms with Crippen LogP contribution in [0, 0.1) is 0 Å². The van der Waals surface area contributed by atoms with Gasteiger partial charge < -0.3 is 5.73 Å². The Labute approximate surface area is 121 Å². The second-order valence-electron chi connectivity index (χ2n) is 5.64. The summed E-state index contributed by atoms with van der Waals surface area (Å²) in [5, 5.41) is 0. The van der Waals surface area contributed by atoms with Crippen LogP contribution in [0.15, 0.2) is 24.3 Å². The fourth-order valence-electron chi connectivity index (χ4n) is 2.10. The molecule has 0 bridgehead atoms. The van der Waals surface area contributed by atoms with Crippen molar-refractivity contribution in [3.8, 4) is 0 Å². The zero-order valence-corrected chi connectivity index (χ0v) is 13.2. The Balaban J connectivity index is 3.17. The zero-order valence-electron chi connectivity index (χ0n) is 13.2. The van der Waals surface area contributed by atoms with Gasteiger partial charge in [-0.3, -0.25) is 0 Å². The van der Waals surface area contributed by atoms with E-state index >= 15 is 0 Å². The fourth-order valence-corrected chi connectivity index (χ4v) is 2.10. The normalized spacial score (nSPS) is 13.6. The van der Waals surface area contributed by atoms with E-state index in [1.165, 1.54) is 64.2 Å². The molecule has 0 saturated heterocycles. The van der Waals surface area contributed by atoms with Crippen LogP contribution in [0.5, 0.6) is 0 Å². The van der Waals surface area contributed by atoms with E-state index in [0.29, 0.717) is 6.04 Å². The van der Waals surface area contributed by atoms with Crippen molar-refractivity contribution in [2.24, 2.45) is 5.73 Å². The standard InChI is InChI=1S/C18H35N/c1-3-4-5-6-7-8-9-10-11-12-13-14-15-16-17-18(2)19/h7-8,10-11,18H,3-6,9,12-17,19H2,1-2H3/b8-7+,11-10+. The Hall–Kier alpha value is -0.560. The lowest BCUT2D eigenvalue weighted by molar-refractivity contribution is 0.568. The molecule has 1 unspecified atom stereocenters. The second kappa shape index (κ2) is 15.5. The maximum atomic E-state index is 5.72. The van der Waals surface area contributed by atoms with Crippen LogP contribution in [-0.4, -0.2) is 6.04 Å². The van der Waals surface area contributed by atoms with Crippen LogP contribution in [0.4, 0.5) is 0 Å². The number of unbranched alkanes of at least 4 members (excludes halogenated alkanes) is 7. The first-order valence-electron chi connectivity index (χ1n) is 8.33. The quantitative estimate of drug-likeness (QED) is 0.332. The Morgan fingerprint density at radius 2 is 1.37 bits per heavy atom. The summed E-state index contributed by atoms with van der Waals surface area (Å²) in [6, 6.07) is 0.379. The molecule has 1 heteroatoms. The number of allylic oxidation sites excluding steroid dienone is 4. The van der Waals surface area contributed by atoms with E-state index in [2.05, 4.69) is 38.2 Å². The van der Waals surface area contributed by atoms with E-state index < -0.39 is 0 Å². The molecule has 0 fully saturated rings. The third-order valence-corrected chi connectivity index (χ3v) is 3.36. The molecule has 112 valence electrons. The van der Waals surface area contributed by atoms with Crippen molar-refractivity contribution >= 4 is 0 Å². The number of hydrogen-bond donors (Lipinski definition) is 1. The first-order valence-corrected chi connectivity index (χ1v) is 8.33. The third-order valence-electron chi connectivity index (χ3n) is 3.36. The molecule has 0 aliphatic carbocycles. The fraction of sp³-hybridized carbons (Fsp3) is 0.778. The Morgan fingerprint density at radius 3 is 1.95 bits per heavy atom. The molecule has 0 aromatic carbocycles. The first kappa shape index (κ1) is 18.4. The Morgan fingerprint density at radius 1 is 0.789 bits per heavy atom. The largest absolute Gasteiger partial charge is 0.328 e. The molecule has 1 nitrogen and oxygen atoms in total. The van der Waals surface area contributed by atoms with Crippen molar-refractivity contribution in [2.75, 3.05) is 0 Å². The van der Waals surface area contributed by atoms with Crippen LogP contribution >= 0.6 is 0 Å². The summed E-state index contributed by atoms with van der Waals surface area (Å²) in [6.45, 7) is 4.35. The molecule has 0 radical (unpaired) electrons. The molecule has 0 saturated carbocycles. The topological polar surface area (TPSA) is 26.0 Å². The third kappa shape index (κ3) is 17.4. The first-order chi connectivity index (χ1) is 9.27. The summed E-state index contributed by atoms with van der Waals surface area (Å²) in [5.41, 5.74) is 5.72. The maximum absolute atomic E-state index is 5.72. The molecule has 0 rings (SSSR count). The van der Waals surface area contributed by atoms with E-state index in [4.69, 9.17) is 5.73 Å². The summed E-state index contributed by atoms with van der Waals surface area (Å²) in [4.78, 5) is 0. The van der Waals surface area contributed by atoms with Crippen molar-refractivity contribution in [3.05, 3.63) is 24.3 Å². The van der Waals surface area contributed by atoms with E-state index in [1.54, 1.807) is 0 Å². The summed E-state index contributed by atoms with van der Waals surface area (Å²) in [5.74, 6) is 0. The van der Waals surface area contributed by atoms with Crippen LogP contribution in [0.1, 0.15) is 84.5 Å². The van der Waals surface area contributed by atoms with E-state index in [-0.39, 0.29) is 0 Å². The van der Waals surface area contributed by atoms with Gasteiger partial charge in [-0.15, -0.1) is 0 Å². The van der Waals surface area contributed by atoms with Gasteiger partial charge in [-0.25, -0.2) is 0 Å². The molecular weight excluding hydrogens is 230 g/mol. The Bertz CT molecular complexity index is 216. The number of rotatable bonds is 13. The van der Waals surface area contributed by atoms with Gasteiger partial charge >= 0.3 is 0 Å².